The van der Waals surface area contributed by atoms with Crippen molar-refractivity contribution in [3.63, 3.8) is 0 Å². The highest BCUT2D eigenvalue weighted by atomic mass is 16.2. The van der Waals surface area contributed by atoms with Gasteiger partial charge < -0.3 is 10.6 Å². The van der Waals surface area contributed by atoms with Gasteiger partial charge in [0.2, 0.25) is 0 Å². The Hall–Kier alpha value is -3.66. The average Bonchev–Trinajstić information content (AvgIpc) is 2.87. The van der Waals surface area contributed by atoms with Crippen LogP contribution in [-0.4, -0.2) is 35.8 Å². The first kappa shape index (κ1) is 16.2. The molecule has 7 nitrogen and oxygen atoms in total. The molecule has 1 aliphatic rings. The van der Waals surface area contributed by atoms with Gasteiger partial charge in [-0.05, 0) is 36.4 Å². The van der Waals surface area contributed by atoms with Gasteiger partial charge in [0.1, 0.15) is 0 Å². The van der Waals surface area contributed by atoms with Gasteiger partial charge in [-0.3, -0.25) is 14.5 Å². The molecule has 0 bridgehead atoms. The van der Waals surface area contributed by atoms with E-state index >= 15 is 0 Å². The third-order valence-electron chi connectivity index (χ3n) is 3.77. The van der Waals surface area contributed by atoms with Gasteiger partial charge in [-0.2, -0.15) is 5.26 Å². The van der Waals surface area contributed by atoms with Crippen LogP contribution >= 0.6 is 0 Å². The van der Waals surface area contributed by atoms with Gasteiger partial charge >= 0.3 is 6.03 Å². The Bertz CT molecular complexity index is 849. The molecule has 0 fully saturated rings. The number of rotatable bonds is 4. The Morgan fingerprint density at radius 3 is 2.16 bits per heavy atom. The lowest BCUT2D eigenvalue weighted by atomic mass is 10.1. The van der Waals surface area contributed by atoms with Gasteiger partial charge in [0.05, 0.1) is 22.8 Å². The average molecular weight is 334 g/mol. The molecule has 124 valence electrons. The van der Waals surface area contributed by atoms with E-state index in [4.69, 9.17) is 5.26 Å². The maximum Gasteiger partial charge on any atom is 0.319 e. The fraction of sp³-hybridized carbons (Fsp3) is 0.111. The van der Waals surface area contributed by atoms with Crippen molar-refractivity contribution in [3.8, 4) is 6.07 Å². The Kier molecular flexibility index (Phi) is 4.44. The lowest BCUT2D eigenvalue weighted by Gasteiger charge is -2.14. The Balaban J connectivity index is 1.51. The second-order valence-electron chi connectivity index (χ2n) is 5.38. The minimum absolute atomic E-state index is 0.0904. The molecule has 2 aromatic carbocycles. The summed E-state index contributed by atoms with van der Waals surface area (Å²) in [4.78, 5) is 37.3. The smallest absolute Gasteiger partial charge is 0.319 e. The van der Waals surface area contributed by atoms with Gasteiger partial charge in [0.15, 0.2) is 0 Å². The van der Waals surface area contributed by atoms with Crippen LogP contribution in [0, 0.1) is 11.3 Å². The molecule has 0 unspecified atom stereocenters. The molecule has 3 rings (SSSR count). The van der Waals surface area contributed by atoms with Gasteiger partial charge in [-0.25, -0.2) is 4.79 Å². The van der Waals surface area contributed by atoms with Crippen molar-refractivity contribution in [1.29, 1.82) is 5.26 Å². The molecular formula is C18H14N4O3. The normalized spacial score (nSPS) is 12.5. The van der Waals surface area contributed by atoms with Gasteiger partial charge in [-0.15, -0.1) is 0 Å². The molecule has 0 atom stereocenters. The summed E-state index contributed by atoms with van der Waals surface area (Å²) in [6, 6.07) is 14.6. The first-order valence-corrected chi connectivity index (χ1v) is 7.60. The first-order valence-electron chi connectivity index (χ1n) is 7.60. The van der Waals surface area contributed by atoms with Crippen LogP contribution in [0.15, 0.2) is 48.5 Å². The number of nitriles is 1. The molecule has 0 saturated carbocycles. The molecule has 0 radical (unpaired) electrons. The summed E-state index contributed by atoms with van der Waals surface area (Å²) in [7, 11) is 0. The van der Waals surface area contributed by atoms with Crippen LogP contribution in [0.1, 0.15) is 26.3 Å². The maximum atomic E-state index is 12.2. The fourth-order valence-electron chi connectivity index (χ4n) is 2.53. The van der Waals surface area contributed by atoms with E-state index < -0.39 is 6.03 Å². The Morgan fingerprint density at radius 2 is 1.60 bits per heavy atom. The Labute approximate surface area is 143 Å². The van der Waals surface area contributed by atoms with Crippen molar-refractivity contribution in [2.24, 2.45) is 0 Å². The summed E-state index contributed by atoms with van der Waals surface area (Å²) in [5.41, 5.74) is 1.80. The van der Waals surface area contributed by atoms with E-state index in [2.05, 4.69) is 10.6 Å². The van der Waals surface area contributed by atoms with E-state index in [9.17, 15) is 14.4 Å². The van der Waals surface area contributed by atoms with Crippen LogP contribution in [0.4, 0.5) is 10.5 Å². The van der Waals surface area contributed by atoms with E-state index in [0.717, 1.165) is 4.90 Å². The second kappa shape index (κ2) is 6.84. The van der Waals surface area contributed by atoms with Crippen molar-refractivity contribution in [2.75, 3.05) is 18.4 Å². The van der Waals surface area contributed by atoms with Crippen LogP contribution in [0.5, 0.6) is 0 Å². The molecule has 0 aromatic heterocycles. The van der Waals surface area contributed by atoms with E-state index in [1.165, 1.54) is 0 Å². The molecule has 25 heavy (non-hydrogen) atoms. The number of hydrogen-bond donors (Lipinski definition) is 2. The monoisotopic (exact) mass is 334 g/mol. The number of imide groups is 1. The highest BCUT2D eigenvalue weighted by Gasteiger charge is 2.34. The summed E-state index contributed by atoms with van der Waals surface area (Å²) in [5, 5.41) is 13.9. The number of carbonyl (C=O) groups is 3. The fourth-order valence-corrected chi connectivity index (χ4v) is 2.53. The highest BCUT2D eigenvalue weighted by Crippen LogP contribution is 2.21. The number of hydrogen-bond acceptors (Lipinski definition) is 4. The number of anilines is 1. The number of amides is 4. The van der Waals surface area contributed by atoms with Gasteiger partial charge in [0, 0.05) is 18.8 Å². The zero-order chi connectivity index (χ0) is 17.8. The van der Waals surface area contributed by atoms with Crippen molar-refractivity contribution in [3.05, 3.63) is 65.2 Å². The second-order valence-corrected chi connectivity index (χ2v) is 5.38. The minimum Gasteiger partial charge on any atom is -0.336 e. The summed E-state index contributed by atoms with van der Waals surface area (Å²) < 4.78 is 0. The number of benzene rings is 2. The number of nitrogens with zero attached hydrogens (tertiary/aromatic N) is 2. The molecule has 0 spiro atoms. The molecular weight excluding hydrogens is 320 g/mol. The zero-order valence-corrected chi connectivity index (χ0v) is 13.2. The van der Waals surface area contributed by atoms with Crippen molar-refractivity contribution in [2.45, 2.75) is 0 Å². The number of urea groups is 1. The lowest BCUT2D eigenvalue weighted by Crippen LogP contribution is -2.39. The van der Waals surface area contributed by atoms with Crippen LogP contribution < -0.4 is 10.6 Å². The van der Waals surface area contributed by atoms with Crippen LogP contribution in [0.25, 0.3) is 0 Å². The third kappa shape index (κ3) is 3.33. The zero-order valence-electron chi connectivity index (χ0n) is 13.2. The van der Waals surface area contributed by atoms with Crippen molar-refractivity contribution >= 4 is 23.5 Å². The van der Waals surface area contributed by atoms with E-state index in [-0.39, 0.29) is 24.9 Å². The molecule has 2 N–H and O–H groups in total. The first-order chi connectivity index (χ1) is 12.1. The molecule has 1 aliphatic heterocycles. The topological polar surface area (TPSA) is 102 Å². The Morgan fingerprint density at radius 1 is 1.00 bits per heavy atom. The van der Waals surface area contributed by atoms with Gasteiger partial charge in [0.25, 0.3) is 11.8 Å². The van der Waals surface area contributed by atoms with E-state index in [0.29, 0.717) is 22.4 Å². The van der Waals surface area contributed by atoms with Crippen LogP contribution in [-0.2, 0) is 0 Å². The lowest BCUT2D eigenvalue weighted by molar-refractivity contribution is 0.0656. The van der Waals surface area contributed by atoms with Crippen molar-refractivity contribution in [1.82, 2.24) is 10.2 Å². The number of nitrogens with one attached hydrogen (secondary N) is 2. The summed E-state index contributed by atoms with van der Waals surface area (Å²) >= 11 is 0. The predicted octanol–water partition coefficient (Wildman–Crippen LogP) is 1.98. The summed E-state index contributed by atoms with van der Waals surface area (Å²) in [6.07, 6.45) is 0. The standard InChI is InChI=1S/C18H14N4O3/c19-11-12-5-7-13(8-6-12)21-18(25)20-9-10-22-16(23)14-3-1-2-4-15(14)17(22)24/h1-8H,9-10H2,(H2,20,21,25). The third-order valence-corrected chi connectivity index (χ3v) is 3.77. The minimum atomic E-state index is -0.457. The SMILES string of the molecule is N#Cc1ccc(NC(=O)NCCN2C(=O)c3ccccc3C2=O)cc1. The highest BCUT2D eigenvalue weighted by molar-refractivity contribution is 6.21. The van der Waals surface area contributed by atoms with E-state index in [1.807, 2.05) is 6.07 Å². The molecule has 1 heterocycles. The quantitative estimate of drug-likeness (QED) is 0.835. The van der Waals surface area contributed by atoms with E-state index in [1.54, 1.807) is 48.5 Å². The molecule has 2 aromatic rings. The molecule has 4 amide bonds. The maximum absolute atomic E-state index is 12.2. The van der Waals surface area contributed by atoms with Crippen LogP contribution in [0.2, 0.25) is 0 Å². The summed E-state index contributed by atoms with van der Waals surface area (Å²) in [6.45, 7) is 0.223. The number of carbonyl (C=O) groups excluding carboxylic acids is 3. The predicted molar refractivity (Wildman–Crippen MR) is 90.0 cm³/mol. The van der Waals surface area contributed by atoms with Gasteiger partial charge in [-0.1, -0.05) is 12.1 Å². The summed E-state index contributed by atoms with van der Waals surface area (Å²) in [5.74, 6) is -0.704. The largest absolute Gasteiger partial charge is 0.336 e. The molecule has 0 saturated heterocycles. The number of fused-ring (bicyclic) bond motifs is 1. The molecule has 0 aliphatic carbocycles. The van der Waals surface area contributed by atoms with Crippen LogP contribution in [0.3, 0.4) is 0 Å². The molecule has 7 heteroatoms. The van der Waals surface area contributed by atoms with Crippen molar-refractivity contribution < 1.29 is 14.4 Å².